The molecule has 2 aliphatic heterocycles. The molecule has 2 aliphatic rings. The Morgan fingerprint density at radius 2 is 1.78 bits per heavy atom. The molecule has 2 heterocycles. The first-order valence-corrected chi connectivity index (χ1v) is 7.66. The molecule has 4 heteroatoms. The zero-order chi connectivity index (χ0) is 12.7. The van der Waals surface area contributed by atoms with Crippen molar-refractivity contribution >= 4 is 34.8 Å². The summed E-state index contributed by atoms with van der Waals surface area (Å²) in [6, 6.07) is 7.06. The van der Waals surface area contributed by atoms with Crippen molar-refractivity contribution in [1.29, 1.82) is 0 Å². The first kappa shape index (κ1) is 13.1. The van der Waals surface area contributed by atoms with Crippen LogP contribution in [0.1, 0.15) is 31.2 Å². The monoisotopic (exact) mass is 303 g/mol. The van der Waals surface area contributed by atoms with E-state index in [-0.39, 0.29) is 0 Å². The molecule has 0 saturated carbocycles. The molecule has 2 unspecified atom stereocenters. The van der Waals surface area contributed by atoms with Gasteiger partial charge >= 0.3 is 0 Å². The van der Waals surface area contributed by atoms with Gasteiger partial charge in [-0.15, -0.1) is 11.6 Å². The largest absolute Gasteiger partial charge is 0.293 e. The molecule has 0 amide bonds. The standard InChI is InChI=1S/C14H16Cl3N/c15-10-2-1-9(14(17)7-10)8-18-12-3-4-13(18)6-11(16)5-12/h1-2,7,11-13H,3-6,8H2. The number of fused-ring (bicyclic) bond motifs is 2. The summed E-state index contributed by atoms with van der Waals surface area (Å²) in [6.07, 6.45) is 4.78. The Morgan fingerprint density at radius 1 is 1.11 bits per heavy atom. The van der Waals surface area contributed by atoms with Crippen molar-refractivity contribution in [3.8, 4) is 0 Å². The van der Waals surface area contributed by atoms with Crippen molar-refractivity contribution in [2.75, 3.05) is 0 Å². The van der Waals surface area contributed by atoms with Gasteiger partial charge < -0.3 is 0 Å². The second-order valence-corrected chi connectivity index (χ2v) is 6.82. The van der Waals surface area contributed by atoms with Crippen LogP contribution in [0.15, 0.2) is 18.2 Å². The fourth-order valence-corrected chi connectivity index (χ4v) is 4.19. The third-order valence-electron chi connectivity index (χ3n) is 4.19. The summed E-state index contributed by atoms with van der Waals surface area (Å²) in [5.74, 6) is 0. The van der Waals surface area contributed by atoms with Crippen LogP contribution in [-0.2, 0) is 6.54 Å². The fourth-order valence-electron chi connectivity index (χ4n) is 3.31. The third-order valence-corrected chi connectivity index (χ3v) is 5.14. The fraction of sp³-hybridized carbons (Fsp3) is 0.571. The lowest BCUT2D eigenvalue weighted by Crippen LogP contribution is -2.42. The minimum absolute atomic E-state index is 0.361. The number of halogens is 3. The van der Waals surface area contributed by atoms with Gasteiger partial charge in [0, 0.05) is 34.1 Å². The van der Waals surface area contributed by atoms with Gasteiger partial charge in [0.1, 0.15) is 0 Å². The van der Waals surface area contributed by atoms with Gasteiger partial charge in [0.15, 0.2) is 0 Å². The highest BCUT2D eigenvalue weighted by Crippen LogP contribution is 2.39. The molecule has 3 rings (SSSR count). The van der Waals surface area contributed by atoms with E-state index < -0.39 is 0 Å². The first-order chi connectivity index (χ1) is 8.63. The number of piperidine rings is 1. The van der Waals surface area contributed by atoms with Crippen LogP contribution in [-0.4, -0.2) is 22.4 Å². The predicted molar refractivity (Wildman–Crippen MR) is 77.7 cm³/mol. The molecule has 0 aliphatic carbocycles. The molecular formula is C14H16Cl3N. The summed E-state index contributed by atoms with van der Waals surface area (Å²) >= 11 is 18.5. The van der Waals surface area contributed by atoms with Crippen LogP contribution in [0.2, 0.25) is 10.0 Å². The van der Waals surface area contributed by atoms with Crippen LogP contribution in [0.5, 0.6) is 0 Å². The second kappa shape index (κ2) is 5.20. The Labute approximate surface area is 123 Å². The van der Waals surface area contributed by atoms with Gasteiger partial charge in [0.2, 0.25) is 0 Å². The number of rotatable bonds is 2. The van der Waals surface area contributed by atoms with Crippen molar-refractivity contribution in [3.63, 3.8) is 0 Å². The maximum Gasteiger partial charge on any atom is 0.0465 e. The topological polar surface area (TPSA) is 3.24 Å². The van der Waals surface area contributed by atoms with Crippen LogP contribution in [0, 0.1) is 0 Å². The van der Waals surface area contributed by atoms with E-state index in [1.54, 1.807) is 0 Å². The maximum absolute atomic E-state index is 6.30. The molecule has 18 heavy (non-hydrogen) atoms. The Kier molecular flexibility index (Phi) is 3.77. The van der Waals surface area contributed by atoms with Crippen LogP contribution in [0.4, 0.5) is 0 Å². The zero-order valence-electron chi connectivity index (χ0n) is 10.1. The van der Waals surface area contributed by atoms with E-state index in [1.807, 2.05) is 18.2 Å². The van der Waals surface area contributed by atoms with E-state index in [0.29, 0.717) is 22.5 Å². The average Bonchev–Trinajstić information content (AvgIpc) is 2.56. The van der Waals surface area contributed by atoms with E-state index >= 15 is 0 Å². The molecule has 2 atom stereocenters. The lowest BCUT2D eigenvalue weighted by atomic mass is 10.0. The average molecular weight is 305 g/mol. The molecule has 2 saturated heterocycles. The Hall–Kier alpha value is 0.0500. The number of nitrogens with zero attached hydrogens (tertiary/aromatic N) is 1. The molecule has 1 nitrogen and oxygen atoms in total. The maximum atomic E-state index is 6.30. The Balaban J connectivity index is 1.77. The van der Waals surface area contributed by atoms with E-state index in [2.05, 4.69) is 4.90 Å². The zero-order valence-corrected chi connectivity index (χ0v) is 12.3. The molecule has 98 valence electrons. The van der Waals surface area contributed by atoms with Gasteiger partial charge in [-0.3, -0.25) is 4.90 Å². The molecule has 1 aromatic rings. The summed E-state index contributed by atoms with van der Waals surface area (Å²) in [6.45, 7) is 0.926. The highest BCUT2D eigenvalue weighted by atomic mass is 35.5. The summed E-state index contributed by atoms with van der Waals surface area (Å²) in [4.78, 5) is 2.58. The molecule has 1 aromatic carbocycles. The van der Waals surface area contributed by atoms with Gasteiger partial charge in [-0.2, -0.15) is 0 Å². The van der Waals surface area contributed by atoms with Gasteiger partial charge in [-0.05, 0) is 43.4 Å². The van der Waals surface area contributed by atoms with Crippen molar-refractivity contribution in [1.82, 2.24) is 4.90 Å². The van der Waals surface area contributed by atoms with Crippen LogP contribution in [0.3, 0.4) is 0 Å². The third kappa shape index (κ3) is 2.51. The van der Waals surface area contributed by atoms with Gasteiger partial charge in [-0.25, -0.2) is 0 Å². The summed E-state index contributed by atoms with van der Waals surface area (Å²) in [5.41, 5.74) is 1.17. The lowest BCUT2D eigenvalue weighted by Gasteiger charge is -2.37. The Bertz CT molecular complexity index is 435. The summed E-state index contributed by atoms with van der Waals surface area (Å²) in [7, 11) is 0. The van der Waals surface area contributed by atoms with Crippen LogP contribution in [0.25, 0.3) is 0 Å². The number of benzene rings is 1. The van der Waals surface area contributed by atoms with Crippen molar-refractivity contribution in [2.45, 2.75) is 49.7 Å². The lowest BCUT2D eigenvalue weighted by molar-refractivity contribution is 0.134. The molecular weight excluding hydrogens is 289 g/mol. The smallest absolute Gasteiger partial charge is 0.0465 e. The van der Waals surface area contributed by atoms with E-state index in [9.17, 15) is 0 Å². The SMILES string of the molecule is Clc1ccc(CN2C3CCC2CC(Cl)C3)c(Cl)c1. The molecule has 2 bridgehead atoms. The first-order valence-electron chi connectivity index (χ1n) is 6.47. The minimum Gasteiger partial charge on any atom is -0.293 e. The highest BCUT2D eigenvalue weighted by Gasteiger charge is 2.39. The normalized spacial score (nSPS) is 31.8. The predicted octanol–water partition coefficient (Wildman–Crippen LogP) is 4.73. The van der Waals surface area contributed by atoms with Crippen molar-refractivity contribution in [2.24, 2.45) is 0 Å². The van der Waals surface area contributed by atoms with E-state index in [4.69, 9.17) is 34.8 Å². The quantitative estimate of drug-likeness (QED) is 0.714. The molecule has 0 N–H and O–H groups in total. The summed E-state index contributed by atoms with van der Waals surface area (Å²) < 4.78 is 0. The number of hydrogen-bond acceptors (Lipinski definition) is 1. The number of hydrogen-bond donors (Lipinski definition) is 0. The van der Waals surface area contributed by atoms with Gasteiger partial charge in [0.05, 0.1) is 0 Å². The van der Waals surface area contributed by atoms with Crippen molar-refractivity contribution in [3.05, 3.63) is 33.8 Å². The Morgan fingerprint density at radius 3 is 2.39 bits per heavy atom. The molecule has 2 fully saturated rings. The summed E-state index contributed by atoms with van der Waals surface area (Å²) in [5, 5.41) is 1.83. The van der Waals surface area contributed by atoms with Crippen LogP contribution < -0.4 is 0 Å². The van der Waals surface area contributed by atoms with E-state index in [1.165, 1.54) is 18.4 Å². The molecule has 0 spiro atoms. The van der Waals surface area contributed by atoms with Crippen LogP contribution >= 0.6 is 34.8 Å². The van der Waals surface area contributed by atoms with Gasteiger partial charge in [-0.1, -0.05) is 29.3 Å². The van der Waals surface area contributed by atoms with E-state index in [0.717, 1.165) is 24.4 Å². The number of alkyl halides is 1. The minimum atomic E-state index is 0.361. The second-order valence-electron chi connectivity index (χ2n) is 5.36. The van der Waals surface area contributed by atoms with Gasteiger partial charge in [0.25, 0.3) is 0 Å². The van der Waals surface area contributed by atoms with Crippen molar-refractivity contribution < 1.29 is 0 Å². The highest BCUT2D eigenvalue weighted by molar-refractivity contribution is 6.35. The molecule has 0 aromatic heterocycles. The molecule has 0 radical (unpaired) electrons.